The molecule has 2 aromatic rings. The number of amidine groups is 1. The number of nitrogen functional groups attached to an aromatic ring is 1. The number of nitrogens with two attached hydrogens (primary N) is 1. The van der Waals surface area contributed by atoms with E-state index in [1.807, 2.05) is 0 Å². The molecule has 1 aromatic carbocycles. The molecule has 0 aliphatic carbocycles. The van der Waals surface area contributed by atoms with Crippen molar-refractivity contribution in [2.24, 2.45) is 5.73 Å². The summed E-state index contributed by atoms with van der Waals surface area (Å²) in [5.41, 5.74) is 6.03. The van der Waals surface area contributed by atoms with Crippen LogP contribution in [0.15, 0.2) is 35.7 Å². The minimum Gasteiger partial charge on any atom is -0.494 e. The summed E-state index contributed by atoms with van der Waals surface area (Å²) in [6.45, 7) is 1.41. The number of ether oxygens (including phenoxy) is 1. The average Bonchev–Trinajstić information content (AvgIpc) is 3.55. The van der Waals surface area contributed by atoms with Crippen LogP contribution in [-0.2, 0) is 24.2 Å². The maximum absolute atomic E-state index is 13.1. The molecule has 1 fully saturated rings. The van der Waals surface area contributed by atoms with Crippen molar-refractivity contribution in [1.82, 2.24) is 15.5 Å². The SMILES string of the molecule is CC(NC(=O)[C@@H]1C[C@@H](S(C)(=O)=O)CN1C(=O)CNC(=O)CCCOc1ccc(F)cc1)c1cc(C(=N)N)cs1. The van der Waals surface area contributed by atoms with Crippen molar-refractivity contribution in [3.05, 3.63) is 52.0 Å². The number of halogens is 1. The summed E-state index contributed by atoms with van der Waals surface area (Å²) in [6, 6.07) is 5.70. The van der Waals surface area contributed by atoms with Gasteiger partial charge in [-0.1, -0.05) is 0 Å². The van der Waals surface area contributed by atoms with E-state index < -0.39 is 44.9 Å². The van der Waals surface area contributed by atoms with Crippen LogP contribution in [0.25, 0.3) is 0 Å². The number of thiophene rings is 1. The number of nitrogens with one attached hydrogen (secondary N) is 3. The zero-order valence-corrected chi connectivity index (χ0v) is 23.2. The molecule has 39 heavy (non-hydrogen) atoms. The molecule has 3 atom stereocenters. The molecule has 3 amide bonds. The minimum atomic E-state index is -3.53. The number of amides is 3. The van der Waals surface area contributed by atoms with Crippen molar-refractivity contribution in [2.75, 3.05) is 26.0 Å². The van der Waals surface area contributed by atoms with E-state index in [2.05, 4.69) is 10.6 Å². The first-order chi connectivity index (χ1) is 18.3. The lowest BCUT2D eigenvalue weighted by Gasteiger charge is -2.25. The van der Waals surface area contributed by atoms with Gasteiger partial charge in [0, 0.05) is 35.0 Å². The second-order valence-electron chi connectivity index (χ2n) is 9.31. The summed E-state index contributed by atoms with van der Waals surface area (Å²) in [7, 11) is -3.53. The van der Waals surface area contributed by atoms with Crippen molar-refractivity contribution in [3.63, 3.8) is 0 Å². The van der Waals surface area contributed by atoms with Crippen LogP contribution < -0.4 is 21.1 Å². The lowest BCUT2D eigenvalue weighted by Crippen LogP contribution is -2.49. The molecular formula is C25H32FN5O6S2. The normalized spacial score (nSPS) is 17.9. The monoisotopic (exact) mass is 581 g/mol. The molecule has 2 heterocycles. The fraction of sp³-hybridized carbons (Fsp3) is 0.440. The molecule has 0 spiro atoms. The Labute approximate surface area is 230 Å². The molecule has 3 rings (SSSR count). The Kier molecular flexibility index (Phi) is 10.0. The highest BCUT2D eigenvalue weighted by atomic mass is 32.2. The first kappa shape index (κ1) is 30.0. The fourth-order valence-corrected chi connectivity index (χ4v) is 5.93. The first-order valence-corrected chi connectivity index (χ1v) is 15.0. The van der Waals surface area contributed by atoms with Gasteiger partial charge in [0.05, 0.1) is 24.4 Å². The number of hydrogen-bond acceptors (Lipinski definition) is 8. The van der Waals surface area contributed by atoms with Crippen LogP contribution in [0.4, 0.5) is 4.39 Å². The van der Waals surface area contributed by atoms with Gasteiger partial charge >= 0.3 is 0 Å². The maximum atomic E-state index is 13.1. The highest BCUT2D eigenvalue weighted by Gasteiger charge is 2.43. The third-order valence-electron chi connectivity index (χ3n) is 6.27. The average molecular weight is 582 g/mol. The van der Waals surface area contributed by atoms with Gasteiger partial charge in [-0.15, -0.1) is 11.3 Å². The van der Waals surface area contributed by atoms with Gasteiger partial charge in [-0.3, -0.25) is 19.8 Å². The van der Waals surface area contributed by atoms with Gasteiger partial charge in [0.15, 0.2) is 9.84 Å². The van der Waals surface area contributed by atoms with Crippen LogP contribution >= 0.6 is 11.3 Å². The third kappa shape index (κ3) is 8.48. The number of benzene rings is 1. The number of sulfone groups is 1. The van der Waals surface area contributed by atoms with Gasteiger partial charge in [-0.2, -0.15) is 0 Å². The molecule has 0 radical (unpaired) electrons. The molecule has 0 saturated carbocycles. The van der Waals surface area contributed by atoms with E-state index in [1.165, 1.54) is 40.5 Å². The molecular weight excluding hydrogens is 549 g/mol. The Bertz CT molecular complexity index is 1310. The van der Waals surface area contributed by atoms with Crippen molar-refractivity contribution in [1.29, 1.82) is 5.41 Å². The van der Waals surface area contributed by atoms with Crippen LogP contribution in [-0.4, -0.2) is 74.1 Å². The van der Waals surface area contributed by atoms with E-state index in [9.17, 15) is 27.2 Å². The quantitative estimate of drug-likeness (QED) is 0.166. The Balaban J connectivity index is 1.53. The summed E-state index contributed by atoms with van der Waals surface area (Å²) >= 11 is 1.32. The molecule has 1 aliphatic heterocycles. The van der Waals surface area contributed by atoms with Crippen molar-refractivity contribution in [3.8, 4) is 5.75 Å². The summed E-state index contributed by atoms with van der Waals surface area (Å²) in [4.78, 5) is 40.3. The Morgan fingerprint density at radius 2 is 1.97 bits per heavy atom. The second-order valence-corrected chi connectivity index (χ2v) is 12.6. The van der Waals surface area contributed by atoms with Crippen LogP contribution in [0, 0.1) is 11.2 Å². The molecule has 1 saturated heterocycles. The van der Waals surface area contributed by atoms with Gasteiger partial charge in [0.1, 0.15) is 23.4 Å². The molecule has 5 N–H and O–H groups in total. The van der Waals surface area contributed by atoms with E-state index in [4.69, 9.17) is 15.9 Å². The predicted octanol–water partition coefficient (Wildman–Crippen LogP) is 1.34. The van der Waals surface area contributed by atoms with Crippen molar-refractivity contribution in [2.45, 2.75) is 43.5 Å². The molecule has 1 aliphatic rings. The van der Waals surface area contributed by atoms with Crippen molar-refractivity contribution < 1.29 is 31.9 Å². The number of likely N-dealkylation sites (tertiary alicyclic amines) is 1. The van der Waals surface area contributed by atoms with Gasteiger partial charge in [-0.05, 0) is 50.1 Å². The molecule has 1 unspecified atom stereocenters. The Morgan fingerprint density at radius 3 is 2.59 bits per heavy atom. The van der Waals surface area contributed by atoms with E-state index in [0.717, 1.165) is 11.1 Å². The van der Waals surface area contributed by atoms with Gasteiger partial charge < -0.3 is 26.0 Å². The fourth-order valence-electron chi connectivity index (χ4n) is 4.05. The van der Waals surface area contributed by atoms with Crippen LogP contribution in [0.2, 0.25) is 0 Å². The summed E-state index contributed by atoms with van der Waals surface area (Å²) < 4.78 is 42.8. The summed E-state index contributed by atoms with van der Waals surface area (Å²) in [5.74, 6) is -1.49. The third-order valence-corrected chi connectivity index (χ3v) is 8.94. The molecule has 0 bridgehead atoms. The van der Waals surface area contributed by atoms with E-state index in [-0.39, 0.29) is 44.2 Å². The molecule has 212 valence electrons. The standard InChI is InChI=1S/C25H32FN5O6S2/c1-15(21-10-16(14-38-21)24(27)28)30-25(34)20-11-19(39(2,35)36)13-31(20)23(33)12-29-22(32)4-3-9-37-18-7-5-17(26)6-8-18/h5-8,10,14-15,19-20H,3-4,9,11-13H2,1-2H3,(H3,27,28)(H,29,32)(H,30,34)/t15?,19-,20+/m1/s1. The zero-order chi connectivity index (χ0) is 28.7. The number of nitrogens with zero attached hydrogens (tertiary/aromatic N) is 1. The Morgan fingerprint density at radius 1 is 1.28 bits per heavy atom. The lowest BCUT2D eigenvalue weighted by atomic mass is 10.1. The lowest BCUT2D eigenvalue weighted by molar-refractivity contribution is -0.138. The highest BCUT2D eigenvalue weighted by Crippen LogP contribution is 2.26. The predicted molar refractivity (Wildman–Crippen MR) is 145 cm³/mol. The number of rotatable bonds is 12. The van der Waals surface area contributed by atoms with Crippen LogP contribution in [0.5, 0.6) is 5.75 Å². The summed E-state index contributed by atoms with van der Waals surface area (Å²) in [6.07, 6.45) is 1.44. The first-order valence-electron chi connectivity index (χ1n) is 12.2. The number of hydrogen-bond donors (Lipinski definition) is 4. The second kappa shape index (κ2) is 13.0. The number of carbonyl (C=O) groups is 3. The minimum absolute atomic E-state index is 0.0546. The van der Waals surface area contributed by atoms with E-state index in [0.29, 0.717) is 17.7 Å². The van der Waals surface area contributed by atoms with Crippen LogP contribution in [0.1, 0.15) is 42.7 Å². The Hall–Kier alpha value is -3.52. The van der Waals surface area contributed by atoms with Gasteiger partial charge in [-0.25, -0.2) is 12.8 Å². The topological polar surface area (TPSA) is 172 Å². The van der Waals surface area contributed by atoms with Gasteiger partial charge in [0.2, 0.25) is 17.7 Å². The van der Waals surface area contributed by atoms with Crippen LogP contribution in [0.3, 0.4) is 0 Å². The molecule has 1 aromatic heterocycles. The number of carbonyl (C=O) groups excluding carboxylic acids is 3. The summed E-state index contributed by atoms with van der Waals surface area (Å²) in [5, 5.41) is 13.6. The zero-order valence-electron chi connectivity index (χ0n) is 21.6. The molecule has 14 heteroatoms. The van der Waals surface area contributed by atoms with E-state index in [1.54, 1.807) is 18.4 Å². The van der Waals surface area contributed by atoms with E-state index >= 15 is 0 Å². The largest absolute Gasteiger partial charge is 0.494 e. The molecule has 11 nitrogen and oxygen atoms in total. The maximum Gasteiger partial charge on any atom is 0.243 e. The van der Waals surface area contributed by atoms with Crippen molar-refractivity contribution >= 4 is 44.7 Å². The highest BCUT2D eigenvalue weighted by molar-refractivity contribution is 7.91. The van der Waals surface area contributed by atoms with Gasteiger partial charge in [0.25, 0.3) is 0 Å². The smallest absolute Gasteiger partial charge is 0.243 e.